The Labute approximate surface area is 268 Å². The van der Waals surface area contributed by atoms with E-state index in [0.717, 1.165) is 80.4 Å². The van der Waals surface area contributed by atoms with Crippen molar-refractivity contribution in [2.24, 2.45) is 0 Å². The molecule has 1 N–H and O–H groups in total. The number of ether oxygens (including phenoxy) is 1. The first-order valence-corrected chi connectivity index (χ1v) is 15.9. The lowest BCUT2D eigenvalue weighted by Crippen LogP contribution is -2.36. The van der Waals surface area contributed by atoms with Crippen molar-refractivity contribution in [1.29, 1.82) is 0 Å². The van der Waals surface area contributed by atoms with E-state index in [2.05, 4.69) is 50.9 Å². The van der Waals surface area contributed by atoms with Crippen LogP contribution in [0, 0.1) is 5.82 Å². The lowest BCUT2D eigenvalue weighted by atomic mass is 9.98. The Bertz CT molecular complexity index is 1670. The van der Waals surface area contributed by atoms with Crippen molar-refractivity contribution >= 4 is 40.4 Å². The molecule has 4 aromatic rings. The summed E-state index contributed by atoms with van der Waals surface area (Å²) >= 11 is 6.59. The maximum Gasteiger partial charge on any atom is 0.227 e. The van der Waals surface area contributed by atoms with Gasteiger partial charge in [-0.1, -0.05) is 30.3 Å². The molecule has 0 atom stereocenters. The number of hydrogen-bond acceptors (Lipinski definition) is 7. The molecule has 0 bridgehead atoms. The number of benzene rings is 3. The number of nitrogens with one attached hydrogen (secondary N) is 1. The number of aromatic nitrogens is 2. The second-order valence-electron chi connectivity index (χ2n) is 11.5. The molecule has 0 radical (unpaired) electrons. The lowest BCUT2D eigenvalue weighted by Gasteiger charge is -2.30. The summed E-state index contributed by atoms with van der Waals surface area (Å²) in [5.41, 5.74) is 6.63. The SMILES string of the molecule is C=CC(=O)Cc1cc(F)cc(-c2nc(Nc3ccc(Cl)c(N4CCCCC4)c3)ncc2Cc2ccc(N3CCOCC3)cc2)c1. The lowest BCUT2D eigenvalue weighted by molar-refractivity contribution is -0.114. The van der Waals surface area contributed by atoms with Crippen LogP contribution in [0.1, 0.15) is 36.0 Å². The van der Waals surface area contributed by atoms with Gasteiger partial charge in [-0.25, -0.2) is 14.4 Å². The zero-order valence-corrected chi connectivity index (χ0v) is 26.0. The summed E-state index contributed by atoms with van der Waals surface area (Å²) in [5.74, 6) is -0.224. The largest absolute Gasteiger partial charge is 0.378 e. The molecule has 2 aliphatic rings. The molecule has 0 unspecified atom stereocenters. The third-order valence-corrected chi connectivity index (χ3v) is 8.63. The van der Waals surface area contributed by atoms with Gasteiger partial charge in [-0.05, 0) is 85.0 Å². The van der Waals surface area contributed by atoms with Crippen molar-refractivity contribution in [1.82, 2.24) is 9.97 Å². The van der Waals surface area contributed by atoms with E-state index in [1.807, 2.05) is 24.3 Å². The second-order valence-corrected chi connectivity index (χ2v) is 12.0. The monoisotopic (exact) mass is 625 g/mol. The Morgan fingerprint density at radius 1 is 0.956 bits per heavy atom. The Balaban J connectivity index is 1.32. The standard InChI is InChI=1S/C36H37ClFN5O2/c1-2-32(44)21-26-19-27(22-29(38)20-26)35-28(18-25-6-9-31(10-7-25)42-14-16-45-17-15-42)24-39-36(41-35)40-30-8-11-33(37)34(23-30)43-12-4-3-5-13-43/h2,6-11,19-20,22-24H,1,3-5,12-18,21H2,(H,39,40,41). The molecule has 3 aromatic carbocycles. The van der Waals surface area contributed by atoms with Gasteiger partial charge < -0.3 is 19.9 Å². The van der Waals surface area contributed by atoms with Gasteiger partial charge in [0, 0.05) is 67.7 Å². The van der Waals surface area contributed by atoms with Crippen molar-refractivity contribution in [3.63, 3.8) is 0 Å². The summed E-state index contributed by atoms with van der Waals surface area (Å²) < 4.78 is 20.4. The highest BCUT2D eigenvalue weighted by atomic mass is 35.5. The van der Waals surface area contributed by atoms with Crippen molar-refractivity contribution < 1.29 is 13.9 Å². The fraction of sp³-hybridized carbons (Fsp3) is 0.306. The van der Waals surface area contributed by atoms with Crippen LogP contribution in [0.4, 0.5) is 27.4 Å². The predicted octanol–water partition coefficient (Wildman–Crippen LogP) is 7.40. The van der Waals surface area contributed by atoms with Crippen molar-refractivity contribution in [2.45, 2.75) is 32.1 Å². The highest BCUT2D eigenvalue weighted by molar-refractivity contribution is 6.33. The first-order chi connectivity index (χ1) is 21.9. The number of carbonyl (C=O) groups is 1. The number of halogens is 2. The fourth-order valence-corrected chi connectivity index (χ4v) is 6.21. The van der Waals surface area contributed by atoms with Crippen LogP contribution in [0.2, 0.25) is 5.02 Å². The highest BCUT2D eigenvalue weighted by Gasteiger charge is 2.17. The van der Waals surface area contributed by atoms with Crippen molar-refractivity contribution in [3.8, 4) is 11.3 Å². The Kier molecular flexibility index (Phi) is 9.72. The molecule has 7 nitrogen and oxygen atoms in total. The van der Waals surface area contributed by atoms with Gasteiger partial charge in [0.15, 0.2) is 5.78 Å². The van der Waals surface area contributed by atoms with Crippen molar-refractivity contribution in [3.05, 3.63) is 107 Å². The van der Waals surface area contributed by atoms with Gasteiger partial charge in [-0.3, -0.25) is 4.79 Å². The van der Waals surface area contributed by atoms with Gasteiger partial charge in [-0.15, -0.1) is 0 Å². The number of anilines is 4. The molecule has 0 spiro atoms. The molecule has 45 heavy (non-hydrogen) atoms. The van der Waals surface area contributed by atoms with Crippen LogP contribution in [-0.2, 0) is 22.4 Å². The van der Waals surface area contributed by atoms with E-state index in [1.54, 1.807) is 6.20 Å². The zero-order valence-electron chi connectivity index (χ0n) is 25.3. The Hall–Kier alpha value is -4.27. The van der Waals surface area contributed by atoms with E-state index >= 15 is 0 Å². The molecule has 2 saturated heterocycles. The number of allylic oxidation sites excluding steroid dienone is 1. The maximum atomic E-state index is 14.9. The normalized spacial score (nSPS) is 15.2. The molecular formula is C36H37ClFN5O2. The maximum absolute atomic E-state index is 14.9. The summed E-state index contributed by atoms with van der Waals surface area (Å²) in [6.45, 7) is 8.70. The molecular weight excluding hydrogens is 589 g/mol. The fourth-order valence-electron chi connectivity index (χ4n) is 5.97. The Morgan fingerprint density at radius 2 is 1.73 bits per heavy atom. The molecule has 2 fully saturated rings. The number of nitrogens with zero attached hydrogens (tertiary/aromatic N) is 4. The van der Waals surface area contributed by atoms with E-state index in [4.69, 9.17) is 21.3 Å². The van der Waals surface area contributed by atoms with Crippen LogP contribution < -0.4 is 15.1 Å². The number of hydrogen-bond donors (Lipinski definition) is 1. The first-order valence-electron chi connectivity index (χ1n) is 15.5. The smallest absolute Gasteiger partial charge is 0.227 e. The third-order valence-electron chi connectivity index (χ3n) is 8.31. The minimum absolute atomic E-state index is 0.0623. The molecule has 9 heteroatoms. The van der Waals surface area contributed by atoms with Crippen LogP contribution in [0.25, 0.3) is 11.3 Å². The molecule has 6 rings (SSSR count). The quantitative estimate of drug-likeness (QED) is 0.184. The molecule has 0 amide bonds. The number of morpholine rings is 1. The molecule has 2 aliphatic heterocycles. The molecule has 1 aromatic heterocycles. The number of carbonyl (C=O) groups excluding carboxylic acids is 1. The van der Waals surface area contributed by atoms with Crippen molar-refractivity contribution in [2.75, 3.05) is 54.5 Å². The summed E-state index contributed by atoms with van der Waals surface area (Å²) in [7, 11) is 0. The summed E-state index contributed by atoms with van der Waals surface area (Å²) in [6, 6.07) is 18.9. The first kappa shape index (κ1) is 30.7. The molecule has 3 heterocycles. The van der Waals surface area contributed by atoms with Crippen LogP contribution in [0.5, 0.6) is 0 Å². The van der Waals surface area contributed by atoms with E-state index in [9.17, 15) is 9.18 Å². The highest BCUT2D eigenvalue weighted by Crippen LogP contribution is 2.33. The summed E-state index contributed by atoms with van der Waals surface area (Å²) in [4.78, 5) is 26.3. The van der Waals surface area contributed by atoms with Gasteiger partial charge in [0.25, 0.3) is 0 Å². The predicted molar refractivity (Wildman–Crippen MR) is 179 cm³/mol. The topological polar surface area (TPSA) is 70.6 Å². The minimum atomic E-state index is -0.433. The van der Waals surface area contributed by atoms with E-state index in [0.29, 0.717) is 34.2 Å². The zero-order chi connectivity index (χ0) is 31.2. The minimum Gasteiger partial charge on any atom is -0.378 e. The summed E-state index contributed by atoms with van der Waals surface area (Å²) in [5, 5.41) is 4.05. The second kappa shape index (κ2) is 14.2. The molecule has 0 saturated carbocycles. The average molecular weight is 626 g/mol. The van der Waals surface area contributed by atoms with Crippen LogP contribution in [-0.4, -0.2) is 55.1 Å². The van der Waals surface area contributed by atoms with Gasteiger partial charge in [0.1, 0.15) is 5.82 Å². The van der Waals surface area contributed by atoms with Crippen LogP contribution in [0.15, 0.2) is 79.5 Å². The van der Waals surface area contributed by atoms with Crippen LogP contribution >= 0.6 is 11.6 Å². The van der Waals surface area contributed by atoms with E-state index in [-0.39, 0.29) is 12.2 Å². The Morgan fingerprint density at radius 3 is 2.49 bits per heavy atom. The van der Waals surface area contributed by atoms with E-state index < -0.39 is 5.82 Å². The van der Waals surface area contributed by atoms with Gasteiger partial charge >= 0.3 is 0 Å². The number of ketones is 1. The summed E-state index contributed by atoms with van der Waals surface area (Å²) in [6.07, 6.45) is 7.19. The molecule has 232 valence electrons. The van der Waals surface area contributed by atoms with Gasteiger partial charge in [0.2, 0.25) is 5.95 Å². The van der Waals surface area contributed by atoms with Gasteiger partial charge in [-0.2, -0.15) is 0 Å². The third kappa shape index (κ3) is 7.70. The average Bonchev–Trinajstić information content (AvgIpc) is 3.07. The van der Waals surface area contributed by atoms with Crippen LogP contribution in [0.3, 0.4) is 0 Å². The van der Waals surface area contributed by atoms with Gasteiger partial charge in [0.05, 0.1) is 29.6 Å². The number of piperidine rings is 1. The molecule has 0 aliphatic carbocycles. The number of rotatable bonds is 10. The van der Waals surface area contributed by atoms with E-state index in [1.165, 1.54) is 24.6 Å².